The van der Waals surface area contributed by atoms with Gasteiger partial charge in [-0.2, -0.15) is 8.78 Å². The number of anilines is 1. The van der Waals surface area contributed by atoms with Crippen molar-refractivity contribution < 1.29 is 31.6 Å². The van der Waals surface area contributed by atoms with Crippen molar-refractivity contribution in [2.75, 3.05) is 10.1 Å². The van der Waals surface area contributed by atoms with Gasteiger partial charge < -0.3 is 9.57 Å². The number of sulfonamides is 1. The molecule has 0 fully saturated rings. The lowest BCUT2D eigenvalue weighted by molar-refractivity contribution is -0.159. The van der Waals surface area contributed by atoms with Crippen LogP contribution in [0.5, 0.6) is 5.75 Å². The van der Waals surface area contributed by atoms with Crippen LogP contribution in [0.4, 0.5) is 13.8 Å². The summed E-state index contributed by atoms with van der Waals surface area (Å²) in [5, 5.41) is 5.25. The van der Waals surface area contributed by atoms with Crippen LogP contribution >= 0.6 is 11.3 Å². The maximum atomic E-state index is 13.5. The minimum atomic E-state index is -3.78. The van der Waals surface area contributed by atoms with E-state index in [2.05, 4.69) is 14.7 Å². The van der Waals surface area contributed by atoms with Crippen LogP contribution in [0.1, 0.15) is 37.3 Å². The molecule has 7 nitrogen and oxygen atoms in total. The second kappa shape index (κ2) is 9.90. The van der Waals surface area contributed by atoms with Gasteiger partial charge in [0.2, 0.25) is 10.0 Å². The molecule has 4 rings (SSSR count). The van der Waals surface area contributed by atoms with E-state index in [1.165, 1.54) is 27.8 Å². The summed E-state index contributed by atoms with van der Waals surface area (Å²) >= 11 is 1.38. The predicted molar refractivity (Wildman–Crippen MR) is 132 cm³/mol. The van der Waals surface area contributed by atoms with Crippen molar-refractivity contribution in [3.8, 4) is 5.75 Å². The molecule has 1 aliphatic rings. The molecule has 0 spiro atoms. The van der Waals surface area contributed by atoms with E-state index in [1.54, 1.807) is 12.1 Å². The van der Waals surface area contributed by atoms with E-state index < -0.39 is 22.1 Å². The number of oxime groups is 1. The Morgan fingerprint density at radius 1 is 1.17 bits per heavy atom. The zero-order valence-corrected chi connectivity index (χ0v) is 20.8. The van der Waals surface area contributed by atoms with Crippen molar-refractivity contribution in [1.29, 1.82) is 0 Å². The van der Waals surface area contributed by atoms with Gasteiger partial charge in [-0.15, -0.1) is 11.3 Å². The van der Waals surface area contributed by atoms with Crippen LogP contribution in [-0.4, -0.2) is 32.0 Å². The highest BCUT2D eigenvalue weighted by Crippen LogP contribution is 2.39. The lowest BCUT2D eigenvalue weighted by Crippen LogP contribution is -2.32. The van der Waals surface area contributed by atoms with Crippen molar-refractivity contribution in [2.24, 2.45) is 5.16 Å². The molecule has 0 N–H and O–H groups in total. The largest absolute Gasteiger partial charge is 0.433 e. The summed E-state index contributed by atoms with van der Waals surface area (Å²) in [4.78, 5) is 15.8. The smallest absolute Gasteiger partial charge is 0.394 e. The number of nitrogens with zero attached hydrogens (tertiary/aromatic N) is 2. The van der Waals surface area contributed by atoms with E-state index in [0.717, 1.165) is 15.6 Å². The van der Waals surface area contributed by atoms with Gasteiger partial charge >= 0.3 is 12.1 Å². The van der Waals surface area contributed by atoms with Crippen LogP contribution in [0.25, 0.3) is 10.1 Å². The van der Waals surface area contributed by atoms with Gasteiger partial charge in [-0.3, -0.25) is 4.31 Å². The first-order valence-corrected chi connectivity index (χ1v) is 13.3. The molecule has 0 radical (unpaired) electrons. The van der Waals surface area contributed by atoms with Gasteiger partial charge in [-0.25, -0.2) is 13.2 Å². The van der Waals surface area contributed by atoms with E-state index in [0.29, 0.717) is 29.6 Å². The van der Waals surface area contributed by atoms with Gasteiger partial charge in [0.05, 0.1) is 24.4 Å². The predicted octanol–water partition coefficient (Wildman–Crippen LogP) is 5.62. The Morgan fingerprint density at radius 2 is 1.89 bits per heavy atom. The molecular formula is C24H24F2N2O5S2. The molecule has 0 unspecified atom stereocenters. The first-order chi connectivity index (χ1) is 16.5. The molecule has 2 aromatic carbocycles. The fourth-order valence-electron chi connectivity index (χ4n) is 3.78. The molecule has 1 aliphatic heterocycles. The molecule has 3 aromatic rings. The number of alkyl halides is 2. The van der Waals surface area contributed by atoms with Crippen molar-refractivity contribution in [2.45, 2.75) is 45.8 Å². The molecule has 35 heavy (non-hydrogen) atoms. The molecule has 0 aliphatic carbocycles. The fraction of sp³-hybridized carbons (Fsp3) is 0.333. The van der Waals surface area contributed by atoms with Crippen molar-refractivity contribution >= 4 is 48.1 Å². The second-order valence-electron chi connectivity index (χ2n) is 8.31. The van der Waals surface area contributed by atoms with Gasteiger partial charge in [-0.1, -0.05) is 35.5 Å². The second-order valence-corrected chi connectivity index (χ2v) is 11.3. The number of rotatable bonds is 10. The summed E-state index contributed by atoms with van der Waals surface area (Å²) in [5.41, 5.74) is 1.99. The van der Waals surface area contributed by atoms with Crippen LogP contribution in [0.15, 0.2) is 53.7 Å². The SMILES string of the molecule is Cc1c(N(Cc2ccc(OC(C)(F)F)cc2)S(=O)(=O)CCCC2=NOC(=O)C2)sc2ccccc12. The molecule has 1 aromatic heterocycles. The van der Waals surface area contributed by atoms with E-state index in [9.17, 15) is 22.0 Å². The summed E-state index contributed by atoms with van der Waals surface area (Å²) in [5.74, 6) is -0.613. The van der Waals surface area contributed by atoms with Gasteiger partial charge in [0, 0.05) is 11.6 Å². The summed E-state index contributed by atoms with van der Waals surface area (Å²) < 4.78 is 60.3. The van der Waals surface area contributed by atoms with Crippen LogP contribution in [0, 0.1) is 6.92 Å². The van der Waals surface area contributed by atoms with Crippen LogP contribution in [0.2, 0.25) is 0 Å². The Kier molecular flexibility index (Phi) is 7.09. The number of halogens is 2. The molecule has 0 saturated carbocycles. The molecule has 186 valence electrons. The van der Waals surface area contributed by atoms with Crippen LogP contribution in [0.3, 0.4) is 0 Å². The maximum Gasteiger partial charge on any atom is 0.394 e. The Bertz CT molecular complexity index is 1360. The van der Waals surface area contributed by atoms with Gasteiger partial charge in [0.1, 0.15) is 10.8 Å². The number of carbonyl (C=O) groups excluding carboxylic acids is 1. The minimum absolute atomic E-state index is 0.0113. The first-order valence-electron chi connectivity index (χ1n) is 10.9. The standard InChI is InChI=1S/C24H24F2N2O5S2/c1-16-20-7-3-4-8-21(20)34-23(16)28(15-17-9-11-19(12-10-17)32-24(2,25)26)35(30,31)13-5-6-18-14-22(29)33-27-18/h3-4,7-12H,5-6,13-15H2,1-2H3. The average Bonchev–Trinajstić information content (AvgIpc) is 3.35. The minimum Gasteiger partial charge on any atom is -0.433 e. The highest BCUT2D eigenvalue weighted by Gasteiger charge is 2.28. The Labute approximate surface area is 206 Å². The zero-order chi connectivity index (χ0) is 25.2. The molecule has 0 atom stereocenters. The Hall–Kier alpha value is -3.05. The topological polar surface area (TPSA) is 85.3 Å². The number of ether oxygens (including phenoxy) is 1. The Morgan fingerprint density at radius 3 is 2.51 bits per heavy atom. The number of benzene rings is 2. The molecule has 0 saturated heterocycles. The van der Waals surface area contributed by atoms with Gasteiger partial charge in [0.25, 0.3) is 0 Å². The number of aryl methyl sites for hydroxylation is 1. The van der Waals surface area contributed by atoms with Crippen molar-refractivity contribution in [3.05, 3.63) is 59.7 Å². The van der Waals surface area contributed by atoms with Crippen LogP contribution in [-0.2, 0) is 26.2 Å². The Balaban J connectivity index is 1.60. The number of hydrogen-bond donors (Lipinski definition) is 0. The number of carbonyl (C=O) groups is 1. The summed E-state index contributed by atoms with van der Waals surface area (Å²) in [6.07, 6.45) is -2.63. The fourth-order valence-corrected chi connectivity index (χ4v) is 6.81. The molecule has 11 heteroatoms. The molecular weight excluding hydrogens is 498 g/mol. The van der Waals surface area contributed by atoms with E-state index in [4.69, 9.17) is 0 Å². The number of fused-ring (bicyclic) bond motifs is 1. The zero-order valence-electron chi connectivity index (χ0n) is 19.2. The maximum absolute atomic E-state index is 13.5. The molecule has 0 bridgehead atoms. The third kappa shape index (κ3) is 6.15. The third-order valence-electron chi connectivity index (χ3n) is 5.42. The average molecular weight is 523 g/mol. The monoisotopic (exact) mass is 522 g/mol. The lowest BCUT2D eigenvalue weighted by atomic mass is 10.2. The normalized spacial score (nSPS) is 14.2. The van der Waals surface area contributed by atoms with E-state index >= 15 is 0 Å². The van der Waals surface area contributed by atoms with E-state index in [1.807, 2.05) is 31.2 Å². The van der Waals surface area contributed by atoms with Crippen molar-refractivity contribution in [1.82, 2.24) is 0 Å². The highest BCUT2D eigenvalue weighted by atomic mass is 32.2. The quantitative estimate of drug-likeness (QED) is 0.323. The summed E-state index contributed by atoms with van der Waals surface area (Å²) in [6, 6.07) is 13.6. The summed E-state index contributed by atoms with van der Waals surface area (Å²) in [6.45, 7) is 2.56. The third-order valence-corrected chi connectivity index (χ3v) is 8.62. The highest BCUT2D eigenvalue weighted by molar-refractivity contribution is 7.93. The molecule has 0 amide bonds. The van der Waals surface area contributed by atoms with Crippen molar-refractivity contribution in [3.63, 3.8) is 0 Å². The first kappa shape index (κ1) is 25.1. The van der Waals surface area contributed by atoms with E-state index in [-0.39, 0.29) is 30.9 Å². The van der Waals surface area contributed by atoms with Gasteiger partial charge in [0.15, 0.2) is 0 Å². The summed E-state index contributed by atoms with van der Waals surface area (Å²) in [7, 11) is -3.78. The lowest BCUT2D eigenvalue weighted by Gasteiger charge is -2.24. The molecule has 2 heterocycles. The number of hydrogen-bond acceptors (Lipinski definition) is 7. The number of thiophene rings is 1. The van der Waals surface area contributed by atoms with Crippen LogP contribution < -0.4 is 9.04 Å². The van der Waals surface area contributed by atoms with Gasteiger partial charge in [-0.05, 0) is 54.5 Å².